The van der Waals surface area contributed by atoms with Crippen LogP contribution in [0, 0.1) is 0 Å². The van der Waals surface area contributed by atoms with Gasteiger partial charge in [-0.05, 0) is 49.6 Å². The number of anilines is 1. The quantitative estimate of drug-likeness (QED) is 0.735. The van der Waals surface area contributed by atoms with Gasteiger partial charge in [-0.15, -0.1) is 0 Å². The van der Waals surface area contributed by atoms with Crippen molar-refractivity contribution in [2.75, 3.05) is 5.32 Å². The Kier molecular flexibility index (Phi) is 5.03. The topological polar surface area (TPSA) is 64.2 Å². The molecule has 5 heteroatoms. The van der Waals surface area contributed by atoms with Crippen LogP contribution >= 0.6 is 0 Å². The molecule has 0 bridgehead atoms. The number of nitrogens with zero attached hydrogens (tertiary/aromatic N) is 1. The van der Waals surface area contributed by atoms with Crippen molar-refractivity contribution in [2.24, 2.45) is 0 Å². The monoisotopic (exact) mass is 338 g/mol. The Labute approximate surface area is 146 Å². The number of para-hydroxylation sites is 2. The van der Waals surface area contributed by atoms with Gasteiger partial charge in [0, 0.05) is 5.69 Å². The second-order valence-electron chi connectivity index (χ2n) is 6.17. The third-order valence-electron chi connectivity index (χ3n) is 4.33. The molecule has 0 aliphatic carbocycles. The van der Waals surface area contributed by atoms with Crippen LogP contribution in [-0.2, 0) is 11.2 Å². The number of oxazole rings is 1. The van der Waals surface area contributed by atoms with Crippen molar-refractivity contribution in [1.29, 1.82) is 0 Å². The molecule has 1 N–H and O–H groups in total. The Morgan fingerprint density at radius 1 is 1.16 bits per heavy atom. The molecule has 0 spiro atoms. The van der Waals surface area contributed by atoms with Crippen molar-refractivity contribution in [2.45, 2.75) is 39.2 Å². The molecule has 0 fully saturated rings. The SMILES string of the molecule is CCCCc1ccc(NC(=O)[C@@H](C)n2c(=O)oc3ccccc32)cc1. The minimum Gasteiger partial charge on any atom is -0.408 e. The summed E-state index contributed by atoms with van der Waals surface area (Å²) >= 11 is 0. The normalized spacial score (nSPS) is 12.2. The first-order chi connectivity index (χ1) is 12.1. The van der Waals surface area contributed by atoms with E-state index in [1.807, 2.05) is 30.3 Å². The van der Waals surface area contributed by atoms with Gasteiger partial charge in [0.2, 0.25) is 5.91 Å². The van der Waals surface area contributed by atoms with E-state index in [1.54, 1.807) is 25.1 Å². The summed E-state index contributed by atoms with van der Waals surface area (Å²) in [5.74, 6) is -0.784. The number of nitrogens with one attached hydrogen (secondary N) is 1. The fraction of sp³-hybridized carbons (Fsp3) is 0.300. The molecule has 130 valence electrons. The van der Waals surface area contributed by atoms with E-state index in [2.05, 4.69) is 12.2 Å². The number of hydrogen-bond acceptors (Lipinski definition) is 3. The highest BCUT2D eigenvalue weighted by Gasteiger charge is 2.21. The molecule has 5 nitrogen and oxygen atoms in total. The highest BCUT2D eigenvalue weighted by atomic mass is 16.4. The number of carbonyl (C=O) groups is 1. The number of fused-ring (bicyclic) bond motifs is 1. The average Bonchev–Trinajstić information content (AvgIpc) is 2.96. The maximum Gasteiger partial charge on any atom is 0.420 e. The maximum absolute atomic E-state index is 12.6. The van der Waals surface area contributed by atoms with Gasteiger partial charge in [-0.2, -0.15) is 0 Å². The molecule has 2 aromatic carbocycles. The van der Waals surface area contributed by atoms with Gasteiger partial charge in [0.15, 0.2) is 5.58 Å². The molecule has 0 aliphatic rings. The van der Waals surface area contributed by atoms with E-state index in [0.29, 0.717) is 11.1 Å². The lowest BCUT2D eigenvalue weighted by molar-refractivity contribution is -0.118. The number of rotatable bonds is 6. The number of aryl methyl sites for hydroxylation is 1. The summed E-state index contributed by atoms with van der Waals surface area (Å²) < 4.78 is 6.58. The third-order valence-corrected chi connectivity index (χ3v) is 4.33. The largest absolute Gasteiger partial charge is 0.420 e. The third kappa shape index (κ3) is 3.65. The van der Waals surface area contributed by atoms with E-state index in [0.717, 1.165) is 24.9 Å². The van der Waals surface area contributed by atoms with Crippen LogP contribution in [-0.4, -0.2) is 10.5 Å². The van der Waals surface area contributed by atoms with E-state index in [1.165, 1.54) is 10.1 Å². The molecule has 1 heterocycles. The summed E-state index contributed by atoms with van der Waals surface area (Å²) in [6.45, 7) is 3.85. The summed E-state index contributed by atoms with van der Waals surface area (Å²) in [5, 5.41) is 2.86. The fourth-order valence-corrected chi connectivity index (χ4v) is 2.85. The van der Waals surface area contributed by atoms with Crippen LogP contribution in [0.5, 0.6) is 0 Å². The number of benzene rings is 2. The Hall–Kier alpha value is -2.82. The second kappa shape index (κ2) is 7.38. The first kappa shape index (κ1) is 17.0. The van der Waals surface area contributed by atoms with Crippen molar-refractivity contribution in [3.05, 3.63) is 64.6 Å². The number of amides is 1. The zero-order valence-electron chi connectivity index (χ0n) is 14.5. The van der Waals surface area contributed by atoms with E-state index >= 15 is 0 Å². The zero-order valence-corrected chi connectivity index (χ0v) is 14.5. The predicted molar refractivity (Wildman–Crippen MR) is 98.9 cm³/mol. The lowest BCUT2D eigenvalue weighted by atomic mass is 10.1. The molecule has 0 unspecified atom stereocenters. The minimum absolute atomic E-state index is 0.255. The van der Waals surface area contributed by atoms with Gasteiger partial charge >= 0.3 is 5.76 Å². The first-order valence-electron chi connectivity index (χ1n) is 8.60. The second-order valence-corrected chi connectivity index (χ2v) is 6.17. The van der Waals surface area contributed by atoms with Gasteiger partial charge in [0.25, 0.3) is 0 Å². The Balaban J connectivity index is 1.76. The van der Waals surface area contributed by atoms with Gasteiger partial charge in [0.1, 0.15) is 6.04 Å². The highest BCUT2D eigenvalue weighted by Crippen LogP contribution is 2.18. The molecule has 1 amide bonds. The summed E-state index contributed by atoms with van der Waals surface area (Å²) in [5.41, 5.74) is 3.07. The van der Waals surface area contributed by atoms with Gasteiger partial charge in [-0.3, -0.25) is 9.36 Å². The standard InChI is InChI=1S/C20H22N2O3/c1-3-4-7-15-10-12-16(13-11-15)21-19(23)14(2)22-17-8-5-6-9-18(17)25-20(22)24/h5-6,8-14H,3-4,7H2,1-2H3,(H,21,23)/t14-/m1/s1. The van der Waals surface area contributed by atoms with Crippen molar-refractivity contribution < 1.29 is 9.21 Å². The van der Waals surface area contributed by atoms with Crippen LogP contribution in [0.1, 0.15) is 38.3 Å². The van der Waals surface area contributed by atoms with Gasteiger partial charge in [-0.1, -0.05) is 37.6 Å². The molecule has 1 aromatic heterocycles. The zero-order chi connectivity index (χ0) is 17.8. The lowest BCUT2D eigenvalue weighted by Crippen LogP contribution is -2.29. The molecule has 0 saturated carbocycles. The molecular weight excluding hydrogens is 316 g/mol. The smallest absolute Gasteiger partial charge is 0.408 e. The molecular formula is C20H22N2O3. The Morgan fingerprint density at radius 3 is 2.60 bits per heavy atom. The summed E-state index contributed by atoms with van der Waals surface area (Å²) in [6.07, 6.45) is 3.35. The Morgan fingerprint density at radius 2 is 1.88 bits per heavy atom. The number of carbonyl (C=O) groups excluding carboxylic acids is 1. The van der Waals surface area contributed by atoms with Crippen LogP contribution in [0.15, 0.2) is 57.7 Å². The molecule has 0 saturated heterocycles. The fourth-order valence-electron chi connectivity index (χ4n) is 2.85. The van der Waals surface area contributed by atoms with Crippen LogP contribution in [0.2, 0.25) is 0 Å². The molecule has 3 rings (SSSR count). The lowest BCUT2D eigenvalue weighted by Gasteiger charge is -2.13. The van der Waals surface area contributed by atoms with Crippen LogP contribution in [0.3, 0.4) is 0 Å². The van der Waals surface area contributed by atoms with E-state index in [9.17, 15) is 9.59 Å². The predicted octanol–water partition coefficient (Wildman–Crippen LogP) is 4.14. The van der Waals surface area contributed by atoms with Crippen LogP contribution < -0.4 is 11.1 Å². The van der Waals surface area contributed by atoms with Crippen LogP contribution in [0.25, 0.3) is 11.1 Å². The molecule has 0 aliphatic heterocycles. The first-order valence-corrected chi connectivity index (χ1v) is 8.60. The van der Waals surface area contributed by atoms with E-state index < -0.39 is 11.8 Å². The van der Waals surface area contributed by atoms with Crippen molar-refractivity contribution in [3.8, 4) is 0 Å². The molecule has 3 aromatic rings. The average molecular weight is 338 g/mol. The van der Waals surface area contributed by atoms with E-state index in [4.69, 9.17) is 4.42 Å². The highest BCUT2D eigenvalue weighted by molar-refractivity contribution is 5.94. The summed E-state index contributed by atoms with van der Waals surface area (Å²) in [7, 11) is 0. The van der Waals surface area contributed by atoms with Crippen LogP contribution in [0.4, 0.5) is 5.69 Å². The minimum atomic E-state index is -0.670. The van der Waals surface area contributed by atoms with Crippen molar-refractivity contribution in [3.63, 3.8) is 0 Å². The number of hydrogen-bond donors (Lipinski definition) is 1. The molecule has 0 radical (unpaired) electrons. The number of unbranched alkanes of at least 4 members (excludes halogenated alkanes) is 1. The molecule has 25 heavy (non-hydrogen) atoms. The van der Waals surface area contributed by atoms with Gasteiger partial charge in [0.05, 0.1) is 5.52 Å². The summed E-state index contributed by atoms with van der Waals surface area (Å²) in [6, 6.07) is 14.3. The van der Waals surface area contributed by atoms with Crippen molar-refractivity contribution >= 4 is 22.7 Å². The molecule has 1 atom stereocenters. The maximum atomic E-state index is 12.6. The Bertz CT molecular complexity index is 922. The van der Waals surface area contributed by atoms with Gasteiger partial charge < -0.3 is 9.73 Å². The number of aromatic nitrogens is 1. The van der Waals surface area contributed by atoms with E-state index in [-0.39, 0.29) is 5.91 Å². The summed E-state index contributed by atoms with van der Waals surface area (Å²) in [4.78, 5) is 24.6. The van der Waals surface area contributed by atoms with Gasteiger partial charge in [-0.25, -0.2) is 4.79 Å². The van der Waals surface area contributed by atoms with Crippen molar-refractivity contribution in [1.82, 2.24) is 4.57 Å².